The number of aromatic nitrogens is 3. The van der Waals surface area contributed by atoms with Crippen molar-refractivity contribution in [2.75, 3.05) is 6.61 Å². The first-order valence-corrected chi connectivity index (χ1v) is 4.93. The van der Waals surface area contributed by atoms with Crippen molar-refractivity contribution in [2.45, 2.75) is 40.0 Å². The maximum Gasteiger partial charge on any atom is 0.159 e. The molecule has 0 amide bonds. The molecule has 5 nitrogen and oxygen atoms in total. The predicted octanol–water partition coefficient (Wildman–Crippen LogP) is 0.717. The Hall–Kier alpha value is -0.940. The minimum absolute atomic E-state index is 0.0748. The summed E-state index contributed by atoms with van der Waals surface area (Å²) in [6.45, 7) is 5.93. The molecule has 0 unspecified atom stereocenters. The number of hydrogen-bond donors (Lipinski definition) is 1. The van der Waals surface area contributed by atoms with E-state index in [1.165, 1.54) is 0 Å². The van der Waals surface area contributed by atoms with E-state index in [2.05, 4.69) is 17.1 Å². The second-order valence-corrected chi connectivity index (χ2v) is 2.99. The Bertz CT molecular complexity index is 273. The highest BCUT2D eigenvalue weighted by molar-refractivity contribution is 4.93. The number of aliphatic hydroxyl groups is 1. The number of ether oxygens (including phenoxy) is 1. The van der Waals surface area contributed by atoms with Gasteiger partial charge in [0.2, 0.25) is 0 Å². The third-order valence-electron chi connectivity index (χ3n) is 1.94. The number of aliphatic hydroxyl groups excluding tert-OH is 1. The third-order valence-corrected chi connectivity index (χ3v) is 1.94. The van der Waals surface area contributed by atoms with Crippen LogP contribution < -0.4 is 0 Å². The topological polar surface area (TPSA) is 60.2 Å². The van der Waals surface area contributed by atoms with Crippen molar-refractivity contribution in [1.29, 1.82) is 0 Å². The Balaban J connectivity index is 2.61. The Morgan fingerprint density at radius 3 is 2.57 bits per heavy atom. The lowest BCUT2D eigenvalue weighted by Crippen LogP contribution is -2.07. The van der Waals surface area contributed by atoms with Crippen molar-refractivity contribution in [3.05, 3.63) is 11.6 Å². The number of nitrogens with zero attached hydrogens (tertiary/aromatic N) is 3. The molecule has 0 atom stereocenters. The molecule has 0 spiro atoms. The molecule has 1 aromatic heterocycles. The van der Waals surface area contributed by atoms with E-state index in [4.69, 9.17) is 9.84 Å². The standard InChI is InChI=1S/C9H17N3O2/c1-3-5-14-7-9-11-10-8(6-13)12(9)4-2/h13H,3-7H2,1-2H3. The molecule has 1 N–H and O–H groups in total. The highest BCUT2D eigenvalue weighted by atomic mass is 16.5. The lowest BCUT2D eigenvalue weighted by Gasteiger charge is -2.05. The van der Waals surface area contributed by atoms with Gasteiger partial charge in [-0.05, 0) is 13.3 Å². The second-order valence-electron chi connectivity index (χ2n) is 2.99. The minimum Gasteiger partial charge on any atom is -0.388 e. The zero-order valence-corrected chi connectivity index (χ0v) is 8.73. The van der Waals surface area contributed by atoms with E-state index in [0.717, 1.165) is 25.4 Å². The van der Waals surface area contributed by atoms with Crippen LogP contribution in [0, 0.1) is 0 Å². The molecule has 0 aliphatic carbocycles. The largest absolute Gasteiger partial charge is 0.388 e. The van der Waals surface area contributed by atoms with Crippen LogP contribution in [0.5, 0.6) is 0 Å². The average Bonchev–Trinajstić information content (AvgIpc) is 2.60. The summed E-state index contributed by atoms with van der Waals surface area (Å²) < 4.78 is 7.23. The van der Waals surface area contributed by atoms with Crippen LogP contribution in [-0.4, -0.2) is 26.5 Å². The zero-order chi connectivity index (χ0) is 10.4. The molecule has 0 saturated heterocycles. The normalized spacial score (nSPS) is 10.8. The van der Waals surface area contributed by atoms with Crippen LogP contribution in [0.2, 0.25) is 0 Å². The molecule has 1 heterocycles. The molecule has 80 valence electrons. The lowest BCUT2D eigenvalue weighted by molar-refractivity contribution is 0.113. The molecule has 0 saturated carbocycles. The molecule has 0 aliphatic heterocycles. The minimum atomic E-state index is -0.0748. The Labute approximate surface area is 83.7 Å². The first-order valence-electron chi connectivity index (χ1n) is 4.93. The van der Waals surface area contributed by atoms with Crippen molar-refractivity contribution < 1.29 is 9.84 Å². The van der Waals surface area contributed by atoms with Crippen LogP contribution in [-0.2, 0) is 24.5 Å². The van der Waals surface area contributed by atoms with E-state index in [0.29, 0.717) is 12.4 Å². The van der Waals surface area contributed by atoms with Crippen molar-refractivity contribution in [1.82, 2.24) is 14.8 Å². The van der Waals surface area contributed by atoms with Crippen molar-refractivity contribution in [3.63, 3.8) is 0 Å². The van der Waals surface area contributed by atoms with Gasteiger partial charge in [0.1, 0.15) is 13.2 Å². The molecular formula is C9H17N3O2. The summed E-state index contributed by atoms with van der Waals surface area (Å²) >= 11 is 0. The van der Waals surface area contributed by atoms with Gasteiger partial charge in [0, 0.05) is 13.2 Å². The van der Waals surface area contributed by atoms with E-state index < -0.39 is 0 Å². The van der Waals surface area contributed by atoms with Crippen molar-refractivity contribution in [2.24, 2.45) is 0 Å². The summed E-state index contributed by atoms with van der Waals surface area (Å²) in [5.41, 5.74) is 0. The lowest BCUT2D eigenvalue weighted by atomic mass is 10.5. The summed E-state index contributed by atoms with van der Waals surface area (Å²) in [6.07, 6.45) is 0.993. The Morgan fingerprint density at radius 2 is 2.00 bits per heavy atom. The molecule has 0 radical (unpaired) electrons. The summed E-state index contributed by atoms with van der Waals surface area (Å²) in [5, 5.41) is 16.8. The van der Waals surface area contributed by atoms with E-state index >= 15 is 0 Å². The monoisotopic (exact) mass is 199 g/mol. The number of hydrogen-bond acceptors (Lipinski definition) is 4. The van der Waals surface area contributed by atoms with Gasteiger partial charge in [0.25, 0.3) is 0 Å². The fourth-order valence-corrected chi connectivity index (χ4v) is 1.27. The summed E-state index contributed by atoms with van der Waals surface area (Å²) in [7, 11) is 0. The maximum atomic E-state index is 8.97. The highest BCUT2D eigenvalue weighted by Gasteiger charge is 2.08. The molecule has 1 aromatic rings. The average molecular weight is 199 g/mol. The molecular weight excluding hydrogens is 182 g/mol. The van der Waals surface area contributed by atoms with Gasteiger partial charge < -0.3 is 14.4 Å². The molecule has 14 heavy (non-hydrogen) atoms. The molecule has 0 fully saturated rings. The van der Waals surface area contributed by atoms with Crippen LogP contribution in [0.15, 0.2) is 0 Å². The summed E-state index contributed by atoms with van der Waals surface area (Å²) in [6, 6.07) is 0. The predicted molar refractivity (Wildman–Crippen MR) is 51.6 cm³/mol. The second kappa shape index (κ2) is 5.72. The van der Waals surface area contributed by atoms with Gasteiger partial charge in [-0.1, -0.05) is 6.92 Å². The van der Waals surface area contributed by atoms with Crippen molar-refractivity contribution >= 4 is 0 Å². The quantitative estimate of drug-likeness (QED) is 0.686. The Kier molecular flexibility index (Phi) is 4.55. The first-order chi connectivity index (χ1) is 6.83. The maximum absolute atomic E-state index is 8.97. The van der Waals surface area contributed by atoms with Crippen LogP contribution in [0.25, 0.3) is 0 Å². The number of rotatable bonds is 6. The molecule has 0 bridgehead atoms. The SMILES string of the molecule is CCCOCc1nnc(CO)n1CC. The van der Waals surface area contributed by atoms with Gasteiger partial charge in [0.05, 0.1) is 0 Å². The van der Waals surface area contributed by atoms with Gasteiger partial charge >= 0.3 is 0 Å². The van der Waals surface area contributed by atoms with Gasteiger partial charge in [0.15, 0.2) is 11.6 Å². The van der Waals surface area contributed by atoms with Crippen LogP contribution >= 0.6 is 0 Å². The van der Waals surface area contributed by atoms with Crippen molar-refractivity contribution in [3.8, 4) is 0 Å². The fourth-order valence-electron chi connectivity index (χ4n) is 1.27. The third kappa shape index (κ3) is 2.52. The van der Waals surface area contributed by atoms with E-state index in [1.807, 2.05) is 11.5 Å². The molecule has 1 rings (SSSR count). The molecule has 0 aromatic carbocycles. The first kappa shape index (κ1) is 11.1. The summed E-state index contributed by atoms with van der Waals surface area (Å²) in [4.78, 5) is 0. The Morgan fingerprint density at radius 1 is 1.29 bits per heavy atom. The van der Waals surface area contributed by atoms with E-state index in [1.54, 1.807) is 0 Å². The van der Waals surface area contributed by atoms with Gasteiger partial charge in [-0.15, -0.1) is 10.2 Å². The summed E-state index contributed by atoms with van der Waals surface area (Å²) in [5.74, 6) is 1.38. The van der Waals surface area contributed by atoms with Gasteiger partial charge in [-0.3, -0.25) is 0 Å². The molecule has 0 aliphatic rings. The zero-order valence-electron chi connectivity index (χ0n) is 8.73. The molecule has 5 heteroatoms. The smallest absolute Gasteiger partial charge is 0.159 e. The van der Waals surface area contributed by atoms with Crippen LogP contribution in [0.1, 0.15) is 31.9 Å². The van der Waals surface area contributed by atoms with Crippen LogP contribution in [0.4, 0.5) is 0 Å². The van der Waals surface area contributed by atoms with E-state index in [-0.39, 0.29) is 6.61 Å². The van der Waals surface area contributed by atoms with Gasteiger partial charge in [-0.25, -0.2) is 0 Å². The van der Waals surface area contributed by atoms with Crippen LogP contribution in [0.3, 0.4) is 0 Å². The van der Waals surface area contributed by atoms with E-state index in [9.17, 15) is 0 Å². The van der Waals surface area contributed by atoms with Gasteiger partial charge in [-0.2, -0.15) is 0 Å². The highest BCUT2D eigenvalue weighted by Crippen LogP contribution is 2.03. The fraction of sp³-hybridized carbons (Fsp3) is 0.778.